The molecule has 0 aliphatic heterocycles. The Morgan fingerprint density at radius 2 is 1.90 bits per heavy atom. The molecule has 5 heteroatoms. The summed E-state index contributed by atoms with van der Waals surface area (Å²) in [4.78, 5) is 22.5. The van der Waals surface area contributed by atoms with Crippen molar-refractivity contribution in [3.05, 3.63) is 29.8 Å². The topological polar surface area (TPSA) is 75.6 Å². The molecule has 0 aliphatic rings. The van der Waals surface area contributed by atoms with Gasteiger partial charge in [-0.1, -0.05) is 32.4 Å². The number of aliphatic carboxylic acids is 1. The summed E-state index contributed by atoms with van der Waals surface area (Å²) >= 11 is 0. The zero-order chi connectivity index (χ0) is 15.0. The van der Waals surface area contributed by atoms with Crippen molar-refractivity contribution < 1.29 is 19.4 Å². The lowest BCUT2D eigenvalue weighted by atomic mass is 10.1. The fourth-order valence-corrected chi connectivity index (χ4v) is 1.75. The number of nitrogens with one attached hydrogen (secondary N) is 1. The number of carboxylic acid groups (broad SMARTS) is 1. The van der Waals surface area contributed by atoms with Crippen molar-refractivity contribution in [1.82, 2.24) is 5.32 Å². The highest BCUT2D eigenvalue weighted by Crippen LogP contribution is 2.12. The van der Waals surface area contributed by atoms with Crippen LogP contribution >= 0.6 is 0 Å². The summed E-state index contributed by atoms with van der Waals surface area (Å²) in [5, 5.41) is 11.4. The van der Waals surface area contributed by atoms with E-state index >= 15 is 0 Å². The van der Waals surface area contributed by atoms with Crippen LogP contribution in [-0.2, 0) is 16.0 Å². The summed E-state index contributed by atoms with van der Waals surface area (Å²) < 4.78 is 5.32. The largest absolute Gasteiger partial charge is 0.484 e. The maximum Gasteiger partial charge on any atom is 0.326 e. The highest BCUT2D eigenvalue weighted by Gasteiger charge is 2.18. The van der Waals surface area contributed by atoms with Gasteiger partial charge in [0, 0.05) is 0 Å². The van der Waals surface area contributed by atoms with Crippen molar-refractivity contribution in [2.75, 3.05) is 6.61 Å². The van der Waals surface area contributed by atoms with Crippen molar-refractivity contribution in [3.63, 3.8) is 0 Å². The van der Waals surface area contributed by atoms with Crippen LogP contribution in [0.4, 0.5) is 0 Å². The van der Waals surface area contributed by atoms with Crippen LogP contribution in [0.1, 0.15) is 32.3 Å². The smallest absolute Gasteiger partial charge is 0.326 e. The van der Waals surface area contributed by atoms with Gasteiger partial charge in [-0.15, -0.1) is 0 Å². The molecule has 20 heavy (non-hydrogen) atoms. The van der Waals surface area contributed by atoms with Crippen LogP contribution in [0.3, 0.4) is 0 Å². The highest BCUT2D eigenvalue weighted by molar-refractivity contribution is 5.84. The van der Waals surface area contributed by atoms with E-state index in [2.05, 4.69) is 12.2 Å². The standard InChI is InChI=1S/C15H21NO4/c1-3-5-13(15(18)19)16-14(17)10-20-12-8-6-11(4-2)7-9-12/h6-9,13H,3-5,10H2,1-2H3,(H,16,17)(H,18,19). The quantitative estimate of drug-likeness (QED) is 0.763. The van der Waals surface area contributed by atoms with Crippen molar-refractivity contribution in [3.8, 4) is 5.75 Å². The minimum atomic E-state index is -1.02. The van der Waals surface area contributed by atoms with Crippen molar-refractivity contribution in [1.29, 1.82) is 0 Å². The molecule has 0 fully saturated rings. The van der Waals surface area contributed by atoms with E-state index in [-0.39, 0.29) is 6.61 Å². The molecule has 0 aromatic heterocycles. The summed E-state index contributed by atoms with van der Waals surface area (Å²) in [5.74, 6) is -0.849. The lowest BCUT2D eigenvalue weighted by Crippen LogP contribution is -2.42. The first kappa shape index (κ1) is 16.0. The molecule has 110 valence electrons. The first-order valence-electron chi connectivity index (χ1n) is 6.80. The van der Waals surface area contributed by atoms with Gasteiger partial charge in [0.2, 0.25) is 0 Å². The Morgan fingerprint density at radius 1 is 1.25 bits per heavy atom. The average molecular weight is 279 g/mol. The molecule has 5 nitrogen and oxygen atoms in total. The van der Waals surface area contributed by atoms with Crippen LogP contribution in [0, 0.1) is 0 Å². The van der Waals surface area contributed by atoms with Crippen molar-refractivity contribution >= 4 is 11.9 Å². The predicted octanol–water partition coefficient (Wildman–Crippen LogP) is 2.00. The van der Waals surface area contributed by atoms with E-state index in [1.165, 1.54) is 5.56 Å². The van der Waals surface area contributed by atoms with Gasteiger partial charge in [0.1, 0.15) is 11.8 Å². The number of ether oxygens (including phenoxy) is 1. The van der Waals surface area contributed by atoms with Crippen LogP contribution in [0.15, 0.2) is 24.3 Å². The van der Waals surface area contributed by atoms with E-state index in [4.69, 9.17) is 9.84 Å². The summed E-state index contributed by atoms with van der Waals surface area (Å²) in [7, 11) is 0. The second-order valence-corrected chi connectivity index (χ2v) is 4.53. The van der Waals surface area contributed by atoms with Crippen LogP contribution in [-0.4, -0.2) is 29.6 Å². The Hall–Kier alpha value is -2.04. The zero-order valence-corrected chi connectivity index (χ0v) is 11.9. The fraction of sp³-hybridized carbons (Fsp3) is 0.467. The molecule has 0 aliphatic carbocycles. The SMILES string of the molecule is CCCC(NC(=O)COc1ccc(CC)cc1)C(=O)O. The molecular weight excluding hydrogens is 258 g/mol. The third-order valence-corrected chi connectivity index (χ3v) is 2.91. The zero-order valence-electron chi connectivity index (χ0n) is 11.9. The normalized spacial score (nSPS) is 11.7. The van der Waals surface area contributed by atoms with Gasteiger partial charge in [0.05, 0.1) is 0 Å². The number of hydrogen-bond donors (Lipinski definition) is 2. The number of amides is 1. The van der Waals surface area contributed by atoms with Gasteiger partial charge in [-0.2, -0.15) is 0 Å². The van der Waals surface area contributed by atoms with E-state index in [1.807, 2.05) is 19.1 Å². The van der Waals surface area contributed by atoms with Gasteiger partial charge in [-0.25, -0.2) is 4.79 Å². The van der Waals surface area contributed by atoms with Gasteiger partial charge in [-0.05, 0) is 30.5 Å². The number of carbonyl (C=O) groups is 2. The fourth-order valence-electron chi connectivity index (χ4n) is 1.75. The molecule has 1 rings (SSSR count). The van der Waals surface area contributed by atoms with Gasteiger partial charge < -0.3 is 15.2 Å². The Bertz CT molecular complexity index is 442. The van der Waals surface area contributed by atoms with Crippen LogP contribution in [0.5, 0.6) is 5.75 Å². The molecule has 0 bridgehead atoms. The molecule has 0 saturated carbocycles. The minimum Gasteiger partial charge on any atom is -0.484 e. The molecule has 1 amide bonds. The lowest BCUT2D eigenvalue weighted by molar-refractivity contribution is -0.142. The molecule has 1 aromatic rings. The number of hydrogen-bond acceptors (Lipinski definition) is 3. The molecule has 1 atom stereocenters. The third-order valence-electron chi connectivity index (χ3n) is 2.91. The van der Waals surface area contributed by atoms with E-state index in [0.717, 1.165) is 6.42 Å². The third kappa shape index (κ3) is 5.30. The second-order valence-electron chi connectivity index (χ2n) is 4.53. The summed E-state index contributed by atoms with van der Waals surface area (Å²) in [5.41, 5.74) is 1.19. The number of aryl methyl sites for hydroxylation is 1. The van der Waals surface area contributed by atoms with Crippen LogP contribution < -0.4 is 10.1 Å². The number of carbonyl (C=O) groups excluding carboxylic acids is 1. The molecular formula is C15H21NO4. The van der Waals surface area contributed by atoms with Gasteiger partial charge in [0.25, 0.3) is 5.91 Å². The van der Waals surface area contributed by atoms with Crippen LogP contribution in [0.25, 0.3) is 0 Å². The first-order chi connectivity index (χ1) is 9.56. The maximum absolute atomic E-state index is 11.6. The highest BCUT2D eigenvalue weighted by atomic mass is 16.5. The van der Waals surface area contributed by atoms with Gasteiger partial charge in [-0.3, -0.25) is 4.79 Å². The predicted molar refractivity (Wildman–Crippen MR) is 75.8 cm³/mol. The second kappa shape index (κ2) is 8.19. The molecule has 1 unspecified atom stereocenters. The first-order valence-corrected chi connectivity index (χ1v) is 6.80. The van der Waals surface area contributed by atoms with Crippen molar-refractivity contribution in [2.24, 2.45) is 0 Å². The molecule has 0 heterocycles. The summed E-state index contributed by atoms with van der Waals surface area (Å²) in [6.07, 6.45) is 2.04. The molecule has 1 aromatic carbocycles. The van der Waals surface area contributed by atoms with E-state index in [9.17, 15) is 9.59 Å². The Balaban J connectivity index is 2.43. The monoisotopic (exact) mass is 279 g/mol. The van der Waals surface area contributed by atoms with Gasteiger partial charge in [0.15, 0.2) is 6.61 Å². The summed E-state index contributed by atoms with van der Waals surface area (Å²) in [6, 6.07) is 6.62. The Labute approximate surface area is 118 Å². The number of rotatable bonds is 8. The van der Waals surface area contributed by atoms with E-state index in [1.54, 1.807) is 12.1 Å². The van der Waals surface area contributed by atoms with Gasteiger partial charge >= 0.3 is 5.97 Å². The maximum atomic E-state index is 11.6. The minimum absolute atomic E-state index is 0.182. The molecule has 0 saturated heterocycles. The molecule has 2 N–H and O–H groups in total. The Morgan fingerprint density at radius 3 is 2.40 bits per heavy atom. The number of benzene rings is 1. The number of carboxylic acids is 1. The van der Waals surface area contributed by atoms with Crippen LogP contribution in [0.2, 0.25) is 0 Å². The Kier molecular flexibility index (Phi) is 6.56. The molecule has 0 radical (unpaired) electrons. The van der Waals surface area contributed by atoms with Crippen molar-refractivity contribution in [2.45, 2.75) is 39.2 Å². The lowest BCUT2D eigenvalue weighted by Gasteiger charge is -2.14. The van der Waals surface area contributed by atoms with E-state index in [0.29, 0.717) is 18.6 Å². The summed E-state index contributed by atoms with van der Waals surface area (Å²) in [6.45, 7) is 3.75. The van der Waals surface area contributed by atoms with E-state index < -0.39 is 17.9 Å². The molecule has 0 spiro atoms. The average Bonchev–Trinajstić information content (AvgIpc) is 2.45.